The van der Waals surface area contributed by atoms with Crippen molar-refractivity contribution in [1.82, 2.24) is 14.9 Å². The van der Waals surface area contributed by atoms with E-state index in [2.05, 4.69) is 15.3 Å². The topological polar surface area (TPSA) is 93.4 Å². The van der Waals surface area contributed by atoms with Crippen molar-refractivity contribution in [1.29, 1.82) is 0 Å². The fraction of sp³-hybridized carbons (Fsp3) is 0.389. The van der Waals surface area contributed by atoms with Gasteiger partial charge in [-0.1, -0.05) is 11.8 Å². The molecule has 2 aromatic rings. The van der Waals surface area contributed by atoms with Crippen LogP contribution in [0.15, 0.2) is 46.5 Å². The van der Waals surface area contributed by atoms with Crippen LogP contribution in [0.4, 0.5) is 16.4 Å². The van der Waals surface area contributed by atoms with Gasteiger partial charge in [0.25, 0.3) is 0 Å². The Morgan fingerprint density at radius 1 is 1.27 bits per heavy atom. The Kier molecular flexibility index (Phi) is 6.68. The summed E-state index contributed by atoms with van der Waals surface area (Å²) in [5, 5.41) is 3.95. The van der Waals surface area contributed by atoms with Crippen LogP contribution in [-0.2, 0) is 4.74 Å². The number of carbonyl (C=O) groups is 1. The molecule has 0 spiro atoms. The second kappa shape index (κ2) is 8.75. The maximum absolute atomic E-state index is 11.9. The van der Waals surface area contributed by atoms with Gasteiger partial charge in [-0.25, -0.2) is 14.8 Å². The Balaban J connectivity index is 1.84. The number of nitrogens with one attached hydrogen (secondary N) is 1. The molecule has 1 heterocycles. The third kappa shape index (κ3) is 6.79. The molecular formula is C18H25N5O2S. The lowest BCUT2D eigenvalue weighted by Gasteiger charge is -2.24. The van der Waals surface area contributed by atoms with Crippen molar-refractivity contribution in [3.8, 4) is 0 Å². The molecule has 8 heteroatoms. The number of amides is 1. The van der Waals surface area contributed by atoms with Crippen molar-refractivity contribution in [2.75, 3.05) is 31.2 Å². The van der Waals surface area contributed by atoms with Crippen LogP contribution in [0.5, 0.6) is 0 Å². The van der Waals surface area contributed by atoms with Gasteiger partial charge in [-0.3, -0.25) is 0 Å². The van der Waals surface area contributed by atoms with Crippen molar-refractivity contribution in [3.05, 3.63) is 36.5 Å². The number of anilines is 2. The van der Waals surface area contributed by atoms with E-state index in [1.807, 2.05) is 51.1 Å². The lowest BCUT2D eigenvalue weighted by molar-refractivity contribution is 0.0305. The highest BCUT2D eigenvalue weighted by Crippen LogP contribution is 2.26. The number of hydrogen-bond acceptors (Lipinski definition) is 7. The zero-order chi connectivity index (χ0) is 19.2. The van der Waals surface area contributed by atoms with Crippen molar-refractivity contribution < 1.29 is 9.53 Å². The van der Waals surface area contributed by atoms with Crippen LogP contribution in [-0.4, -0.2) is 46.7 Å². The van der Waals surface area contributed by atoms with E-state index in [1.165, 1.54) is 16.7 Å². The Morgan fingerprint density at radius 2 is 1.96 bits per heavy atom. The number of hydrogen-bond donors (Lipinski definition) is 2. The smallest absolute Gasteiger partial charge is 0.410 e. The number of rotatable bonds is 6. The van der Waals surface area contributed by atoms with Gasteiger partial charge in [-0.15, -0.1) is 0 Å². The predicted molar refractivity (Wildman–Crippen MR) is 104 cm³/mol. The summed E-state index contributed by atoms with van der Waals surface area (Å²) >= 11 is 1.53. The van der Waals surface area contributed by atoms with E-state index in [0.717, 1.165) is 15.6 Å². The van der Waals surface area contributed by atoms with Crippen LogP contribution < -0.4 is 11.1 Å². The van der Waals surface area contributed by atoms with Gasteiger partial charge < -0.3 is 20.7 Å². The summed E-state index contributed by atoms with van der Waals surface area (Å²) in [6.07, 6.45) is 1.35. The second-order valence-electron chi connectivity index (χ2n) is 6.72. The van der Waals surface area contributed by atoms with E-state index in [0.29, 0.717) is 19.0 Å². The summed E-state index contributed by atoms with van der Waals surface area (Å²) in [6, 6.07) is 9.46. The van der Waals surface area contributed by atoms with E-state index in [4.69, 9.17) is 10.5 Å². The van der Waals surface area contributed by atoms with Gasteiger partial charge in [0.1, 0.15) is 10.6 Å². The van der Waals surface area contributed by atoms with E-state index < -0.39 is 5.60 Å². The summed E-state index contributed by atoms with van der Waals surface area (Å²) in [4.78, 5) is 23.2. The highest BCUT2D eigenvalue weighted by atomic mass is 32.2. The van der Waals surface area contributed by atoms with E-state index in [-0.39, 0.29) is 6.09 Å². The molecule has 140 valence electrons. The number of aromatic nitrogens is 2. The number of carbonyl (C=O) groups excluding carboxylic acids is 1. The summed E-state index contributed by atoms with van der Waals surface area (Å²) in [6.45, 7) is 6.53. The standard InChI is InChI=1S/C18H25N5O2S/c1-18(2,3)25-17(24)23(4)12-11-21-16-20-10-9-15(22-16)26-14-7-5-13(19)6-8-14/h5-10H,11-12,19H2,1-4H3,(H,20,21,22). The molecule has 0 fully saturated rings. The van der Waals surface area contributed by atoms with Crippen LogP contribution in [0, 0.1) is 0 Å². The number of nitrogens with two attached hydrogens (primary N) is 1. The maximum Gasteiger partial charge on any atom is 0.410 e. The normalized spacial score (nSPS) is 11.1. The molecule has 1 aromatic heterocycles. The fourth-order valence-electron chi connectivity index (χ4n) is 1.91. The first kappa shape index (κ1) is 19.8. The Morgan fingerprint density at radius 3 is 2.62 bits per heavy atom. The Hall–Kier alpha value is -2.48. The molecular weight excluding hydrogens is 350 g/mol. The largest absolute Gasteiger partial charge is 0.444 e. The van der Waals surface area contributed by atoms with Gasteiger partial charge in [-0.2, -0.15) is 0 Å². The molecule has 1 amide bonds. The molecule has 7 nitrogen and oxygen atoms in total. The lowest BCUT2D eigenvalue weighted by Crippen LogP contribution is -2.36. The van der Waals surface area contributed by atoms with Crippen molar-refractivity contribution in [2.24, 2.45) is 0 Å². The maximum atomic E-state index is 11.9. The van der Waals surface area contributed by atoms with Crippen LogP contribution in [0.2, 0.25) is 0 Å². The molecule has 0 radical (unpaired) electrons. The van der Waals surface area contributed by atoms with Gasteiger partial charge in [0.05, 0.1) is 0 Å². The number of nitrogens with zero attached hydrogens (tertiary/aromatic N) is 3. The molecule has 26 heavy (non-hydrogen) atoms. The molecule has 1 aromatic carbocycles. The zero-order valence-electron chi connectivity index (χ0n) is 15.5. The minimum atomic E-state index is -0.504. The van der Waals surface area contributed by atoms with Crippen LogP contribution in [0.3, 0.4) is 0 Å². The van der Waals surface area contributed by atoms with Crippen molar-refractivity contribution >= 4 is 29.5 Å². The summed E-state index contributed by atoms with van der Waals surface area (Å²) in [7, 11) is 1.70. The predicted octanol–water partition coefficient (Wildman–Crippen LogP) is 3.49. The second-order valence-corrected chi connectivity index (χ2v) is 7.81. The summed E-state index contributed by atoms with van der Waals surface area (Å²) < 4.78 is 5.31. The van der Waals surface area contributed by atoms with Crippen LogP contribution in [0.1, 0.15) is 20.8 Å². The summed E-state index contributed by atoms with van der Waals surface area (Å²) in [5.74, 6) is 0.517. The van der Waals surface area contributed by atoms with Gasteiger partial charge in [-0.05, 0) is 51.1 Å². The lowest BCUT2D eigenvalue weighted by atomic mass is 10.2. The van der Waals surface area contributed by atoms with Crippen LogP contribution in [0.25, 0.3) is 0 Å². The molecule has 0 saturated heterocycles. The number of likely N-dealkylation sites (N-methyl/N-ethyl adjacent to an activating group) is 1. The third-order valence-corrected chi connectivity index (χ3v) is 4.11. The quantitative estimate of drug-likeness (QED) is 0.589. The van der Waals surface area contributed by atoms with E-state index in [9.17, 15) is 4.79 Å². The Labute approximate surface area is 158 Å². The molecule has 0 atom stereocenters. The first-order valence-electron chi connectivity index (χ1n) is 8.27. The molecule has 0 saturated carbocycles. The van der Waals surface area contributed by atoms with Gasteiger partial charge >= 0.3 is 6.09 Å². The van der Waals surface area contributed by atoms with Crippen LogP contribution >= 0.6 is 11.8 Å². The van der Waals surface area contributed by atoms with Gasteiger partial charge in [0, 0.05) is 36.9 Å². The zero-order valence-corrected chi connectivity index (χ0v) is 16.3. The monoisotopic (exact) mass is 375 g/mol. The first-order chi connectivity index (χ1) is 12.2. The molecule has 0 aliphatic heterocycles. The number of nitrogen functional groups attached to an aromatic ring is 1. The molecule has 0 unspecified atom stereocenters. The van der Waals surface area contributed by atoms with Gasteiger partial charge in [0.15, 0.2) is 0 Å². The number of ether oxygens (including phenoxy) is 1. The average Bonchev–Trinajstić information content (AvgIpc) is 2.56. The van der Waals surface area contributed by atoms with Gasteiger partial charge in [0.2, 0.25) is 5.95 Å². The highest BCUT2D eigenvalue weighted by molar-refractivity contribution is 7.99. The number of benzene rings is 1. The fourth-order valence-corrected chi connectivity index (χ4v) is 2.68. The minimum Gasteiger partial charge on any atom is -0.444 e. The molecule has 0 aliphatic carbocycles. The van der Waals surface area contributed by atoms with E-state index in [1.54, 1.807) is 13.2 Å². The molecule has 3 N–H and O–H groups in total. The average molecular weight is 375 g/mol. The molecule has 2 rings (SSSR count). The summed E-state index contributed by atoms with van der Waals surface area (Å²) in [5.41, 5.74) is 5.92. The van der Waals surface area contributed by atoms with Crippen molar-refractivity contribution in [3.63, 3.8) is 0 Å². The first-order valence-corrected chi connectivity index (χ1v) is 9.09. The highest BCUT2D eigenvalue weighted by Gasteiger charge is 2.19. The van der Waals surface area contributed by atoms with E-state index >= 15 is 0 Å². The molecule has 0 bridgehead atoms. The van der Waals surface area contributed by atoms with Crippen molar-refractivity contribution in [2.45, 2.75) is 36.3 Å². The Bertz CT molecular complexity index is 731. The molecule has 0 aliphatic rings. The SMILES string of the molecule is CN(CCNc1nccc(Sc2ccc(N)cc2)n1)C(=O)OC(C)(C)C. The third-order valence-electron chi connectivity index (χ3n) is 3.17. The minimum absolute atomic E-state index is 0.354.